The van der Waals surface area contributed by atoms with Gasteiger partial charge in [0.25, 0.3) is 0 Å². The van der Waals surface area contributed by atoms with Gasteiger partial charge in [-0.15, -0.1) is 0 Å². The quantitative estimate of drug-likeness (QED) is 0.485. The average Bonchev–Trinajstić information content (AvgIpc) is 2.22. The zero-order valence-corrected chi connectivity index (χ0v) is 9.97. The van der Waals surface area contributed by atoms with Gasteiger partial charge in [0.05, 0.1) is 0 Å². The van der Waals surface area contributed by atoms with Gasteiger partial charge in [-0.1, -0.05) is 0 Å². The predicted octanol–water partition coefficient (Wildman–Crippen LogP) is 3.23. The Bertz CT molecular complexity index is 430. The molecule has 0 aliphatic heterocycles. The summed E-state index contributed by atoms with van der Waals surface area (Å²) in [7, 11) is 0. The van der Waals surface area contributed by atoms with Crippen LogP contribution in [0.4, 0.5) is 24.5 Å². The predicted molar refractivity (Wildman–Crippen MR) is 64.6 cm³/mol. The van der Waals surface area contributed by atoms with Crippen LogP contribution >= 0.6 is 0 Å². The van der Waals surface area contributed by atoms with Crippen LogP contribution in [-0.2, 0) is 0 Å². The van der Waals surface area contributed by atoms with Gasteiger partial charge < -0.3 is 11.1 Å². The summed E-state index contributed by atoms with van der Waals surface area (Å²) >= 11 is 0. The first-order valence-electron chi connectivity index (χ1n) is 5.50. The minimum absolute atomic E-state index is 0.00212. The molecular weight excluding hydrogens is 245 g/mol. The normalized spacial score (nSPS) is 11.3. The van der Waals surface area contributed by atoms with E-state index in [1.54, 1.807) is 18.2 Å². The van der Waals surface area contributed by atoms with Gasteiger partial charge in [0.2, 0.25) is 0 Å². The third kappa shape index (κ3) is 4.65. The van der Waals surface area contributed by atoms with Gasteiger partial charge in [-0.05, 0) is 31.5 Å². The molecule has 18 heavy (non-hydrogen) atoms. The molecule has 0 bridgehead atoms. The molecule has 0 aromatic heterocycles. The Balaban J connectivity index is 2.49. The maximum Gasteiger partial charge on any atom is 0.389 e. The molecule has 1 rings (SSSR count). The molecule has 0 aliphatic rings. The third-order valence-corrected chi connectivity index (χ3v) is 2.40. The van der Waals surface area contributed by atoms with Gasteiger partial charge in [-0.25, -0.2) is 0 Å². The van der Waals surface area contributed by atoms with Gasteiger partial charge in [-0.3, -0.25) is 4.79 Å². The molecule has 0 aliphatic carbocycles. The zero-order valence-electron chi connectivity index (χ0n) is 9.97. The number of rotatable bonds is 5. The lowest BCUT2D eigenvalue weighted by molar-refractivity contribution is -0.134. The number of Topliss-reactive ketones (excluding diaryl/α,β-unsaturated/α-hetero) is 1. The van der Waals surface area contributed by atoms with Gasteiger partial charge in [0.15, 0.2) is 5.78 Å². The molecule has 0 radical (unpaired) electrons. The number of halogens is 3. The standard InChI is InChI=1S/C12H15F3N2O/c1-8(18)10-4-3-9(7-11(10)16)17-6-2-5-12(13,14)15/h3-4,7,17H,2,5-6,16H2,1H3. The Morgan fingerprint density at radius 2 is 2.06 bits per heavy atom. The van der Waals surface area contributed by atoms with E-state index in [-0.39, 0.29) is 18.7 Å². The van der Waals surface area contributed by atoms with Crippen molar-refractivity contribution in [3.63, 3.8) is 0 Å². The molecule has 0 saturated carbocycles. The lowest BCUT2D eigenvalue weighted by Gasteiger charge is -2.10. The highest BCUT2D eigenvalue weighted by Gasteiger charge is 2.25. The summed E-state index contributed by atoms with van der Waals surface area (Å²) in [5, 5.41) is 2.83. The van der Waals surface area contributed by atoms with Crippen LogP contribution in [0.25, 0.3) is 0 Å². The van der Waals surface area contributed by atoms with Gasteiger partial charge in [0.1, 0.15) is 0 Å². The summed E-state index contributed by atoms with van der Waals surface area (Å²) in [5.41, 5.74) is 7.00. The molecule has 0 atom stereocenters. The molecule has 3 nitrogen and oxygen atoms in total. The van der Waals surface area contributed by atoms with E-state index >= 15 is 0 Å². The van der Waals surface area contributed by atoms with Crippen LogP contribution in [0.5, 0.6) is 0 Å². The lowest BCUT2D eigenvalue weighted by Crippen LogP contribution is -2.11. The topological polar surface area (TPSA) is 55.1 Å². The number of hydrogen-bond donors (Lipinski definition) is 2. The maximum absolute atomic E-state index is 11.9. The molecule has 1 aromatic carbocycles. The molecule has 0 amide bonds. The van der Waals surface area contributed by atoms with Crippen LogP contribution in [0.3, 0.4) is 0 Å². The Kier molecular flexibility index (Phi) is 4.58. The van der Waals surface area contributed by atoms with Crippen LogP contribution in [0.1, 0.15) is 30.1 Å². The van der Waals surface area contributed by atoms with Crippen molar-refractivity contribution in [1.29, 1.82) is 0 Å². The second-order valence-corrected chi connectivity index (χ2v) is 4.00. The summed E-state index contributed by atoms with van der Waals surface area (Å²) < 4.78 is 35.7. The second-order valence-electron chi connectivity index (χ2n) is 4.00. The number of nitrogens with one attached hydrogen (secondary N) is 1. The number of benzene rings is 1. The van der Waals surface area contributed by atoms with Gasteiger partial charge in [0, 0.05) is 29.9 Å². The van der Waals surface area contributed by atoms with E-state index in [9.17, 15) is 18.0 Å². The van der Waals surface area contributed by atoms with Crippen molar-refractivity contribution >= 4 is 17.2 Å². The number of carbonyl (C=O) groups is 1. The largest absolute Gasteiger partial charge is 0.398 e. The Morgan fingerprint density at radius 3 is 2.56 bits per heavy atom. The number of nitrogens with two attached hydrogens (primary N) is 1. The van der Waals surface area contributed by atoms with Crippen LogP contribution in [0, 0.1) is 0 Å². The van der Waals surface area contributed by atoms with Crippen LogP contribution < -0.4 is 11.1 Å². The van der Waals surface area contributed by atoms with Crippen molar-refractivity contribution in [3.05, 3.63) is 23.8 Å². The minimum atomic E-state index is -4.13. The Labute approximate surface area is 103 Å². The van der Waals surface area contributed by atoms with E-state index in [2.05, 4.69) is 5.32 Å². The van der Waals surface area contributed by atoms with Crippen molar-refractivity contribution < 1.29 is 18.0 Å². The van der Waals surface area contributed by atoms with Gasteiger partial charge in [-0.2, -0.15) is 13.2 Å². The highest BCUT2D eigenvalue weighted by atomic mass is 19.4. The van der Waals surface area contributed by atoms with E-state index in [4.69, 9.17) is 5.73 Å². The minimum Gasteiger partial charge on any atom is -0.398 e. The molecule has 0 unspecified atom stereocenters. The average molecular weight is 260 g/mol. The molecule has 6 heteroatoms. The molecule has 0 spiro atoms. The van der Waals surface area contributed by atoms with Crippen molar-refractivity contribution in [2.45, 2.75) is 25.9 Å². The van der Waals surface area contributed by atoms with Crippen LogP contribution in [0.2, 0.25) is 0 Å². The summed E-state index contributed by atoms with van der Waals surface area (Å²) in [4.78, 5) is 11.1. The highest BCUT2D eigenvalue weighted by molar-refractivity contribution is 5.99. The molecule has 100 valence electrons. The highest BCUT2D eigenvalue weighted by Crippen LogP contribution is 2.22. The molecule has 0 fully saturated rings. The Morgan fingerprint density at radius 1 is 1.39 bits per heavy atom. The molecule has 3 N–H and O–H groups in total. The van der Waals surface area contributed by atoms with Crippen molar-refractivity contribution in [2.24, 2.45) is 0 Å². The third-order valence-electron chi connectivity index (χ3n) is 2.40. The fraction of sp³-hybridized carbons (Fsp3) is 0.417. The number of carbonyl (C=O) groups excluding carboxylic acids is 1. The van der Waals surface area contributed by atoms with E-state index in [0.29, 0.717) is 16.9 Å². The maximum atomic E-state index is 11.9. The number of nitrogen functional groups attached to an aromatic ring is 1. The summed E-state index contributed by atoms with van der Waals surface area (Å²) in [6.07, 6.45) is -4.95. The molecule has 1 aromatic rings. The zero-order chi connectivity index (χ0) is 13.8. The van der Waals surface area contributed by atoms with Crippen LogP contribution in [0.15, 0.2) is 18.2 Å². The summed E-state index contributed by atoms with van der Waals surface area (Å²) in [6, 6.07) is 4.73. The summed E-state index contributed by atoms with van der Waals surface area (Å²) in [6.45, 7) is 1.61. The SMILES string of the molecule is CC(=O)c1ccc(NCCCC(F)(F)F)cc1N. The van der Waals surface area contributed by atoms with Crippen LogP contribution in [-0.4, -0.2) is 18.5 Å². The smallest absolute Gasteiger partial charge is 0.389 e. The first kappa shape index (κ1) is 14.3. The fourth-order valence-corrected chi connectivity index (χ4v) is 1.51. The lowest BCUT2D eigenvalue weighted by atomic mass is 10.1. The van der Waals surface area contributed by atoms with E-state index < -0.39 is 12.6 Å². The monoisotopic (exact) mass is 260 g/mol. The number of anilines is 2. The van der Waals surface area contributed by atoms with E-state index in [0.717, 1.165) is 0 Å². The first-order chi connectivity index (χ1) is 8.29. The van der Waals surface area contributed by atoms with Gasteiger partial charge >= 0.3 is 6.18 Å². The first-order valence-corrected chi connectivity index (χ1v) is 5.50. The van der Waals surface area contributed by atoms with Crippen molar-refractivity contribution in [3.8, 4) is 0 Å². The van der Waals surface area contributed by atoms with Crippen molar-refractivity contribution in [1.82, 2.24) is 0 Å². The second kappa shape index (κ2) is 5.75. The summed E-state index contributed by atoms with van der Waals surface area (Å²) in [5.74, 6) is -0.142. The number of alkyl halides is 3. The molecule has 0 saturated heterocycles. The fourth-order valence-electron chi connectivity index (χ4n) is 1.51. The molecular formula is C12H15F3N2O. The number of ketones is 1. The molecule has 0 heterocycles. The Hall–Kier alpha value is -1.72. The van der Waals surface area contributed by atoms with E-state index in [1.807, 2.05) is 0 Å². The number of hydrogen-bond acceptors (Lipinski definition) is 3. The van der Waals surface area contributed by atoms with Crippen molar-refractivity contribution in [2.75, 3.05) is 17.6 Å². The van der Waals surface area contributed by atoms with E-state index in [1.165, 1.54) is 6.92 Å².